The van der Waals surface area contributed by atoms with Gasteiger partial charge in [-0.25, -0.2) is 8.78 Å². The van der Waals surface area contributed by atoms with Crippen LogP contribution in [0, 0.1) is 18.6 Å². The predicted octanol–water partition coefficient (Wildman–Crippen LogP) is 3.84. The number of pyridine rings is 1. The average Bonchev–Trinajstić information content (AvgIpc) is 2.28. The van der Waals surface area contributed by atoms with E-state index in [1.54, 1.807) is 6.07 Å². The fraction of sp³-hybridized carbons (Fsp3) is 0.214. The van der Waals surface area contributed by atoms with Gasteiger partial charge in [-0.05, 0) is 49.7 Å². The molecule has 0 aliphatic carbocycles. The topological polar surface area (TPSA) is 24.9 Å². The van der Waals surface area contributed by atoms with Crippen molar-refractivity contribution in [2.75, 3.05) is 5.32 Å². The molecule has 0 saturated carbocycles. The smallest absolute Gasteiger partial charge is 0.141 e. The summed E-state index contributed by atoms with van der Waals surface area (Å²) in [6, 6.07) is 7.59. The van der Waals surface area contributed by atoms with Gasteiger partial charge in [0.25, 0.3) is 0 Å². The van der Waals surface area contributed by atoms with E-state index in [0.29, 0.717) is 11.4 Å². The number of aryl methyl sites for hydroxylation is 1. The maximum absolute atomic E-state index is 13.2. The largest absolute Gasteiger partial charge is 0.377 e. The first-order valence-electron chi connectivity index (χ1n) is 5.70. The lowest BCUT2D eigenvalue weighted by Gasteiger charge is -2.15. The second-order valence-corrected chi connectivity index (χ2v) is 4.28. The highest BCUT2D eigenvalue weighted by Crippen LogP contribution is 2.20. The molecule has 0 radical (unpaired) electrons. The molecule has 0 amide bonds. The first-order valence-corrected chi connectivity index (χ1v) is 5.70. The predicted molar refractivity (Wildman–Crippen MR) is 67.4 cm³/mol. The molecule has 4 heteroatoms. The SMILES string of the molecule is Cc1cc(F)cc(NC(C)c2ccc(F)cn2)c1. The quantitative estimate of drug-likeness (QED) is 0.892. The van der Waals surface area contributed by atoms with Crippen LogP contribution in [-0.4, -0.2) is 4.98 Å². The van der Waals surface area contributed by atoms with Crippen LogP contribution in [0.1, 0.15) is 24.2 Å². The Labute approximate surface area is 105 Å². The minimum absolute atomic E-state index is 0.119. The number of hydrogen-bond acceptors (Lipinski definition) is 2. The van der Waals surface area contributed by atoms with Gasteiger partial charge >= 0.3 is 0 Å². The van der Waals surface area contributed by atoms with Gasteiger partial charge in [-0.1, -0.05) is 0 Å². The van der Waals surface area contributed by atoms with Gasteiger partial charge in [0.2, 0.25) is 0 Å². The first-order chi connectivity index (χ1) is 8.54. The summed E-state index contributed by atoms with van der Waals surface area (Å²) in [5.74, 6) is -0.649. The summed E-state index contributed by atoms with van der Waals surface area (Å²) in [5, 5.41) is 3.13. The van der Waals surface area contributed by atoms with E-state index in [2.05, 4.69) is 10.3 Å². The minimum atomic E-state index is -0.368. The normalized spacial score (nSPS) is 12.2. The molecule has 0 fully saturated rings. The van der Waals surface area contributed by atoms with Gasteiger partial charge in [-0.15, -0.1) is 0 Å². The fourth-order valence-corrected chi connectivity index (χ4v) is 1.79. The van der Waals surface area contributed by atoms with Gasteiger partial charge in [0.05, 0.1) is 17.9 Å². The highest BCUT2D eigenvalue weighted by molar-refractivity contribution is 5.47. The Morgan fingerprint density at radius 1 is 1.11 bits per heavy atom. The van der Waals surface area contributed by atoms with Crippen molar-refractivity contribution in [1.29, 1.82) is 0 Å². The van der Waals surface area contributed by atoms with Crippen LogP contribution in [0.3, 0.4) is 0 Å². The average molecular weight is 248 g/mol. The van der Waals surface area contributed by atoms with Crippen molar-refractivity contribution in [3.63, 3.8) is 0 Å². The van der Waals surface area contributed by atoms with Gasteiger partial charge in [0, 0.05) is 5.69 Å². The number of nitrogens with one attached hydrogen (secondary N) is 1. The van der Waals surface area contributed by atoms with Gasteiger partial charge in [-0.2, -0.15) is 0 Å². The van der Waals surface area contributed by atoms with Crippen molar-refractivity contribution >= 4 is 5.69 Å². The summed E-state index contributed by atoms with van der Waals surface area (Å²) in [6.07, 6.45) is 1.17. The third-order valence-electron chi connectivity index (χ3n) is 2.62. The lowest BCUT2D eigenvalue weighted by atomic mass is 10.1. The van der Waals surface area contributed by atoms with E-state index in [0.717, 1.165) is 5.56 Å². The van der Waals surface area contributed by atoms with Gasteiger partial charge < -0.3 is 5.32 Å². The number of rotatable bonds is 3. The van der Waals surface area contributed by atoms with E-state index in [1.807, 2.05) is 19.9 Å². The Morgan fingerprint density at radius 2 is 1.89 bits per heavy atom. The molecule has 0 saturated heterocycles. The molecular formula is C14H14F2N2. The zero-order valence-electron chi connectivity index (χ0n) is 10.2. The molecule has 1 aromatic heterocycles. The van der Waals surface area contributed by atoms with Gasteiger partial charge in [-0.3, -0.25) is 4.98 Å². The van der Waals surface area contributed by atoms with Crippen LogP contribution in [0.2, 0.25) is 0 Å². The summed E-state index contributed by atoms with van der Waals surface area (Å²) in [4.78, 5) is 3.99. The Kier molecular flexibility index (Phi) is 3.55. The summed E-state index contributed by atoms with van der Waals surface area (Å²) in [7, 11) is 0. The van der Waals surface area contributed by atoms with Gasteiger partial charge in [0.1, 0.15) is 11.6 Å². The zero-order chi connectivity index (χ0) is 13.1. The molecule has 1 unspecified atom stereocenters. The van der Waals surface area contributed by atoms with Crippen LogP contribution in [0.4, 0.5) is 14.5 Å². The molecule has 0 aliphatic heterocycles. The summed E-state index contributed by atoms with van der Waals surface area (Å²) in [5.41, 5.74) is 2.24. The van der Waals surface area contributed by atoms with E-state index < -0.39 is 0 Å². The summed E-state index contributed by atoms with van der Waals surface area (Å²) in [6.45, 7) is 3.72. The summed E-state index contributed by atoms with van der Waals surface area (Å²) < 4.78 is 26.0. The third kappa shape index (κ3) is 3.03. The van der Waals surface area contributed by atoms with E-state index in [9.17, 15) is 8.78 Å². The molecule has 0 aliphatic rings. The number of anilines is 1. The van der Waals surface area contributed by atoms with Crippen molar-refractivity contribution in [2.45, 2.75) is 19.9 Å². The summed E-state index contributed by atoms with van der Waals surface area (Å²) >= 11 is 0. The van der Waals surface area contributed by atoms with Crippen LogP contribution < -0.4 is 5.32 Å². The molecule has 0 bridgehead atoms. The van der Waals surface area contributed by atoms with Crippen LogP contribution in [0.25, 0.3) is 0 Å². The van der Waals surface area contributed by atoms with E-state index >= 15 is 0 Å². The standard InChI is InChI=1S/C14H14F2N2/c1-9-5-12(16)7-13(6-9)18-10(2)14-4-3-11(15)8-17-14/h3-8,10,18H,1-2H3. The van der Waals surface area contributed by atoms with Crippen molar-refractivity contribution in [3.05, 3.63) is 59.4 Å². The third-order valence-corrected chi connectivity index (χ3v) is 2.62. The molecule has 0 spiro atoms. The van der Waals surface area contributed by atoms with E-state index in [1.165, 1.54) is 24.4 Å². The number of halogens is 2. The molecule has 2 rings (SSSR count). The lowest BCUT2D eigenvalue weighted by molar-refractivity contribution is 0.617. The Hall–Kier alpha value is -1.97. The molecule has 94 valence electrons. The van der Waals surface area contributed by atoms with Crippen LogP contribution in [0.5, 0.6) is 0 Å². The van der Waals surface area contributed by atoms with Crippen molar-refractivity contribution in [2.24, 2.45) is 0 Å². The number of nitrogens with zero attached hydrogens (tertiary/aromatic N) is 1. The number of hydrogen-bond donors (Lipinski definition) is 1. The molecule has 1 aromatic carbocycles. The highest BCUT2D eigenvalue weighted by atomic mass is 19.1. The number of aromatic nitrogens is 1. The monoisotopic (exact) mass is 248 g/mol. The van der Waals surface area contributed by atoms with E-state index in [-0.39, 0.29) is 17.7 Å². The van der Waals surface area contributed by atoms with Gasteiger partial charge in [0.15, 0.2) is 0 Å². The molecule has 1 N–H and O–H groups in total. The lowest BCUT2D eigenvalue weighted by Crippen LogP contribution is -2.08. The Balaban J connectivity index is 2.15. The molecule has 1 atom stereocenters. The molecular weight excluding hydrogens is 234 g/mol. The zero-order valence-corrected chi connectivity index (χ0v) is 10.2. The first kappa shape index (κ1) is 12.5. The fourth-order valence-electron chi connectivity index (χ4n) is 1.79. The van der Waals surface area contributed by atoms with Crippen LogP contribution in [0.15, 0.2) is 36.5 Å². The highest BCUT2D eigenvalue weighted by Gasteiger charge is 2.07. The molecule has 1 heterocycles. The maximum atomic E-state index is 13.2. The Bertz CT molecular complexity index is 518. The van der Waals surface area contributed by atoms with Crippen molar-refractivity contribution in [1.82, 2.24) is 4.98 Å². The van der Waals surface area contributed by atoms with Crippen molar-refractivity contribution in [3.8, 4) is 0 Å². The van der Waals surface area contributed by atoms with Crippen LogP contribution >= 0.6 is 0 Å². The number of benzene rings is 1. The molecule has 18 heavy (non-hydrogen) atoms. The van der Waals surface area contributed by atoms with Crippen LogP contribution in [-0.2, 0) is 0 Å². The minimum Gasteiger partial charge on any atom is -0.377 e. The van der Waals surface area contributed by atoms with Crippen molar-refractivity contribution < 1.29 is 8.78 Å². The molecule has 2 nitrogen and oxygen atoms in total. The second-order valence-electron chi connectivity index (χ2n) is 4.28. The van der Waals surface area contributed by atoms with E-state index in [4.69, 9.17) is 0 Å². The maximum Gasteiger partial charge on any atom is 0.141 e. The Morgan fingerprint density at radius 3 is 2.50 bits per heavy atom. The second kappa shape index (κ2) is 5.12. The molecule has 2 aromatic rings.